The first-order valence-corrected chi connectivity index (χ1v) is 10.3. The Morgan fingerprint density at radius 1 is 1.20 bits per heavy atom. The summed E-state index contributed by atoms with van der Waals surface area (Å²) in [6, 6.07) is -0.0775. The van der Waals surface area contributed by atoms with Crippen LogP contribution in [0.5, 0.6) is 6.01 Å². The van der Waals surface area contributed by atoms with E-state index in [4.69, 9.17) is 4.74 Å². The smallest absolute Gasteiger partial charge is 0.319 e. The van der Waals surface area contributed by atoms with Crippen molar-refractivity contribution in [2.75, 3.05) is 37.7 Å². The number of ether oxygens (including phenoxy) is 1. The van der Waals surface area contributed by atoms with Crippen LogP contribution in [0.4, 0.5) is 19.0 Å². The predicted octanol–water partition coefficient (Wildman–Crippen LogP) is 2.14. The molecule has 0 unspecified atom stereocenters. The van der Waals surface area contributed by atoms with Crippen LogP contribution in [-0.2, 0) is 0 Å². The van der Waals surface area contributed by atoms with Gasteiger partial charge >= 0.3 is 6.01 Å². The number of halogens is 3. The minimum atomic E-state index is -1.23. The maximum atomic E-state index is 14.6. The second-order valence-electron chi connectivity index (χ2n) is 8.61. The molecule has 3 aliphatic rings. The Balaban J connectivity index is 1.53. The van der Waals surface area contributed by atoms with Crippen molar-refractivity contribution in [2.24, 2.45) is 0 Å². The minimum Gasteiger partial charge on any atom is -0.461 e. The van der Waals surface area contributed by atoms with Gasteiger partial charge in [-0.05, 0) is 32.7 Å². The number of aromatic nitrogens is 3. The van der Waals surface area contributed by atoms with E-state index >= 15 is 0 Å². The maximum Gasteiger partial charge on any atom is 0.319 e. The number of fused-ring (bicyclic) bond motifs is 2. The lowest BCUT2D eigenvalue weighted by Gasteiger charge is -2.31. The van der Waals surface area contributed by atoms with Gasteiger partial charge in [0.15, 0.2) is 0 Å². The van der Waals surface area contributed by atoms with Crippen LogP contribution in [0.1, 0.15) is 31.4 Å². The summed E-state index contributed by atoms with van der Waals surface area (Å²) >= 11 is 0. The van der Waals surface area contributed by atoms with Gasteiger partial charge in [0.1, 0.15) is 24.1 Å². The number of hydrogen-bond acceptors (Lipinski definition) is 7. The van der Waals surface area contributed by atoms with E-state index < -0.39 is 29.6 Å². The summed E-state index contributed by atoms with van der Waals surface area (Å²) in [6.45, 7) is 3.82. The molecule has 2 aromatic heterocycles. The summed E-state index contributed by atoms with van der Waals surface area (Å²) in [5.74, 6) is -2.02. The molecule has 10 heteroatoms. The highest BCUT2D eigenvalue weighted by molar-refractivity contribution is 5.92. The average Bonchev–Trinajstić information content (AvgIpc) is 3.37. The third kappa shape index (κ3) is 3.17. The Morgan fingerprint density at radius 2 is 2.03 bits per heavy atom. The molecule has 30 heavy (non-hydrogen) atoms. The molecular weight excluding hydrogens is 399 g/mol. The summed E-state index contributed by atoms with van der Waals surface area (Å²) < 4.78 is 48.5. The highest BCUT2D eigenvalue weighted by Gasteiger charge is 2.49. The largest absolute Gasteiger partial charge is 0.461 e. The quantitative estimate of drug-likeness (QED) is 0.756. The van der Waals surface area contributed by atoms with Crippen LogP contribution in [0, 0.1) is 18.7 Å². The number of hydrogen-bond donors (Lipinski definition) is 1. The van der Waals surface area contributed by atoms with Gasteiger partial charge in [-0.2, -0.15) is 18.7 Å². The number of aliphatic hydroxyl groups excluding tert-OH is 1. The molecule has 2 aromatic rings. The Hall–Kier alpha value is -2.20. The molecule has 0 spiro atoms. The van der Waals surface area contributed by atoms with Crippen molar-refractivity contribution in [1.82, 2.24) is 19.9 Å². The van der Waals surface area contributed by atoms with E-state index in [9.17, 15) is 18.3 Å². The summed E-state index contributed by atoms with van der Waals surface area (Å²) in [5, 5.41) is 10.2. The van der Waals surface area contributed by atoms with E-state index in [-0.39, 0.29) is 23.8 Å². The number of pyridine rings is 1. The topological polar surface area (TPSA) is 74.6 Å². The van der Waals surface area contributed by atoms with Crippen molar-refractivity contribution in [3.63, 3.8) is 0 Å². The van der Waals surface area contributed by atoms with E-state index in [0.717, 1.165) is 19.4 Å². The summed E-state index contributed by atoms with van der Waals surface area (Å²) in [4.78, 5) is 16.2. The number of aryl methyl sites for hydroxylation is 1. The number of β-amino-alcohol motifs (C(OH)–C–C–N with tert-alkyl or cyclic N) is 1. The molecule has 0 saturated carbocycles. The van der Waals surface area contributed by atoms with Crippen LogP contribution >= 0.6 is 0 Å². The van der Waals surface area contributed by atoms with Crippen LogP contribution in [0.15, 0.2) is 0 Å². The number of aliphatic hydroxyl groups is 1. The van der Waals surface area contributed by atoms with Gasteiger partial charge in [-0.25, -0.2) is 9.37 Å². The number of nitrogens with zero attached hydrogens (tertiary/aromatic N) is 5. The Kier molecular flexibility index (Phi) is 4.73. The van der Waals surface area contributed by atoms with Crippen molar-refractivity contribution in [3.8, 4) is 6.01 Å². The summed E-state index contributed by atoms with van der Waals surface area (Å²) in [7, 11) is 0. The zero-order chi connectivity index (χ0) is 21.0. The van der Waals surface area contributed by atoms with E-state index in [1.54, 1.807) is 11.8 Å². The van der Waals surface area contributed by atoms with Crippen LogP contribution in [0.25, 0.3) is 10.9 Å². The van der Waals surface area contributed by atoms with Crippen LogP contribution < -0.4 is 9.64 Å². The Bertz CT molecular complexity index is 993. The first-order chi connectivity index (χ1) is 14.4. The van der Waals surface area contributed by atoms with Crippen LogP contribution in [0.2, 0.25) is 0 Å². The lowest BCUT2D eigenvalue weighted by atomic mass is 9.95. The number of rotatable bonds is 4. The lowest BCUT2D eigenvalue weighted by Crippen LogP contribution is -2.43. The van der Waals surface area contributed by atoms with Crippen molar-refractivity contribution >= 4 is 16.7 Å². The molecule has 3 saturated heterocycles. The standard InChI is InChI=1S/C20H24F3N5O2/c1-11-14-16(15(22)17(23)24-11)25-19(26-18(14)27-6-3-13(29)9-27)30-10-20-4-2-5-28(20)8-12(21)7-20/h12-13,29H,2-10H2,1H3/t12-,13-,20+/m1/s1. The zero-order valence-corrected chi connectivity index (χ0v) is 16.7. The second-order valence-corrected chi connectivity index (χ2v) is 8.61. The Morgan fingerprint density at radius 3 is 2.80 bits per heavy atom. The maximum absolute atomic E-state index is 14.6. The zero-order valence-electron chi connectivity index (χ0n) is 16.7. The molecule has 0 radical (unpaired) electrons. The van der Waals surface area contributed by atoms with Crippen molar-refractivity contribution in [3.05, 3.63) is 17.5 Å². The van der Waals surface area contributed by atoms with Gasteiger partial charge in [-0.3, -0.25) is 4.90 Å². The molecule has 7 nitrogen and oxygen atoms in total. The second kappa shape index (κ2) is 7.19. The highest BCUT2D eigenvalue weighted by Crippen LogP contribution is 2.40. The van der Waals surface area contributed by atoms with Gasteiger partial charge in [0.2, 0.25) is 5.82 Å². The van der Waals surface area contributed by atoms with Crippen LogP contribution in [-0.4, -0.2) is 75.6 Å². The molecule has 3 atom stereocenters. The van der Waals surface area contributed by atoms with E-state index in [2.05, 4.69) is 19.9 Å². The molecule has 0 amide bonds. The fourth-order valence-corrected chi connectivity index (χ4v) is 5.15. The first-order valence-electron chi connectivity index (χ1n) is 10.3. The molecule has 0 bridgehead atoms. The van der Waals surface area contributed by atoms with Gasteiger partial charge in [-0.15, -0.1) is 0 Å². The fourth-order valence-electron chi connectivity index (χ4n) is 5.15. The van der Waals surface area contributed by atoms with E-state index in [0.29, 0.717) is 43.7 Å². The number of alkyl halides is 1. The normalized spacial score (nSPS) is 29.2. The van der Waals surface area contributed by atoms with Gasteiger partial charge in [0.05, 0.1) is 22.7 Å². The lowest BCUT2D eigenvalue weighted by molar-refractivity contribution is 0.107. The average molecular weight is 423 g/mol. The monoisotopic (exact) mass is 423 g/mol. The van der Waals surface area contributed by atoms with Gasteiger partial charge in [0.25, 0.3) is 5.95 Å². The molecule has 0 aliphatic carbocycles. The van der Waals surface area contributed by atoms with Gasteiger partial charge in [0, 0.05) is 26.1 Å². The highest BCUT2D eigenvalue weighted by atomic mass is 19.2. The summed E-state index contributed by atoms with van der Waals surface area (Å²) in [6.07, 6.45) is 1.30. The molecule has 1 N–H and O–H groups in total. The first kappa shape index (κ1) is 19.7. The van der Waals surface area contributed by atoms with E-state index in [1.807, 2.05) is 0 Å². The Labute approximate surface area is 171 Å². The molecule has 5 heterocycles. The fraction of sp³-hybridized carbons (Fsp3) is 0.650. The van der Waals surface area contributed by atoms with Gasteiger partial charge < -0.3 is 14.7 Å². The third-order valence-electron chi connectivity index (χ3n) is 6.58. The minimum absolute atomic E-state index is 0.0775. The van der Waals surface area contributed by atoms with Crippen molar-refractivity contribution in [1.29, 1.82) is 0 Å². The van der Waals surface area contributed by atoms with Crippen molar-refractivity contribution in [2.45, 2.75) is 50.4 Å². The summed E-state index contributed by atoms with van der Waals surface area (Å²) in [5.41, 5.74) is -0.333. The van der Waals surface area contributed by atoms with Crippen molar-refractivity contribution < 1.29 is 23.0 Å². The molecular formula is C20H24F3N5O2. The van der Waals surface area contributed by atoms with E-state index in [1.165, 1.54) is 0 Å². The molecule has 5 rings (SSSR count). The number of anilines is 1. The molecule has 3 aliphatic heterocycles. The van der Waals surface area contributed by atoms with Crippen LogP contribution in [0.3, 0.4) is 0 Å². The predicted molar refractivity (Wildman–Crippen MR) is 103 cm³/mol. The third-order valence-corrected chi connectivity index (χ3v) is 6.58. The molecule has 0 aromatic carbocycles. The SMILES string of the molecule is Cc1nc(F)c(F)c2nc(OC[C@@]34CCCN3C[C@H](F)C4)nc(N3CC[C@@H](O)C3)c12. The molecule has 3 fully saturated rings. The molecule has 162 valence electrons. The van der Waals surface area contributed by atoms with Gasteiger partial charge in [-0.1, -0.05) is 0 Å².